The number of aryl methyl sites for hydroxylation is 1. The van der Waals surface area contributed by atoms with Gasteiger partial charge in [0, 0.05) is 77.0 Å². The number of benzene rings is 3. The molecule has 0 fully saturated rings. The SMILES string of the molecule is CC1=Cc2c(cccc2C2=C(C([NH-])=O)C=CC(C)C2=[Si](C)C)C1.CC1=Cc2c(cccc2[N+](c2ccc(C)cc2)=[Si](C)C)C1.[Cl-].[Cl-].[Zr]. The second-order valence-corrected chi connectivity index (χ2v) is 17.7. The van der Waals surface area contributed by atoms with Crippen LogP contribution in [0.3, 0.4) is 0 Å². The van der Waals surface area contributed by atoms with Crippen LogP contribution in [0.15, 0.2) is 89.5 Å². The number of halogens is 2. The van der Waals surface area contributed by atoms with Crippen molar-refractivity contribution in [2.24, 2.45) is 5.92 Å². The molecule has 0 aromatic heterocycles. The molecule has 0 saturated heterocycles. The zero-order chi connectivity index (χ0) is 31.7. The molecule has 3 aromatic carbocycles. The van der Waals surface area contributed by atoms with E-state index in [0.717, 1.165) is 24.0 Å². The number of allylic oxidation sites excluding steroid dienone is 4. The smallest absolute Gasteiger partial charge is 0.343 e. The van der Waals surface area contributed by atoms with Crippen molar-refractivity contribution in [3.8, 4) is 0 Å². The standard InChI is InChI=1S/C20H23NOSi.C19H22NSi.2ClH.Zr/c1-12-10-14-6-5-7-15(17(14)11-12)18-16(20(21)22)9-8-13(2)19(18)23(3)4;1-14-8-10-17(11-9-14)20(21(3)4)19-7-5-6-16-12-15(2)13-18(16)19;;;/h5-9,11,13H,10H2,1-4H3,(H2,21,22);5-11,13H,12H2,1-4H3;2*1H;/q;+1;;;/p-3. The van der Waals surface area contributed by atoms with Gasteiger partial charge in [0.25, 0.3) is 0 Å². The largest absolute Gasteiger partial charge is 1.00 e. The Balaban J connectivity index is 0.000000308. The van der Waals surface area contributed by atoms with Crippen molar-refractivity contribution < 1.29 is 55.8 Å². The number of nitrogens with one attached hydrogen (secondary N) is 1. The van der Waals surface area contributed by atoms with Crippen LogP contribution in [-0.4, -0.2) is 28.1 Å². The third-order valence-electron chi connectivity index (χ3n) is 8.67. The topological polar surface area (TPSA) is 43.9 Å². The van der Waals surface area contributed by atoms with Crippen molar-refractivity contribution in [1.29, 1.82) is 0 Å². The zero-order valence-electron chi connectivity index (χ0n) is 28.7. The first-order valence-electron chi connectivity index (χ1n) is 15.6. The Kier molecular flexibility index (Phi) is 15.1. The molecule has 47 heavy (non-hydrogen) atoms. The van der Waals surface area contributed by atoms with Gasteiger partial charge in [0.2, 0.25) is 0 Å². The van der Waals surface area contributed by atoms with E-state index in [1.54, 1.807) is 0 Å². The van der Waals surface area contributed by atoms with Gasteiger partial charge in [0.1, 0.15) is 0 Å². The molecule has 3 aromatic rings. The fourth-order valence-electron chi connectivity index (χ4n) is 6.78. The summed E-state index contributed by atoms with van der Waals surface area (Å²) in [5.74, 6) is -0.250. The van der Waals surface area contributed by atoms with Gasteiger partial charge in [-0.2, -0.15) is 0 Å². The number of amides is 1. The first-order valence-corrected chi connectivity index (χ1v) is 20.5. The van der Waals surface area contributed by atoms with E-state index in [0.29, 0.717) is 11.5 Å². The molecule has 0 radical (unpaired) electrons. The molecule has 0 saturated carbocycles. The van der Waals surface area contributed by atoms with Gasteiger partial charge in [-0.1, -0.05) is 103 Å². The number of carbonyl (C=O) groups excluding carboxylic acids is 1. The van der Waals surface area contributed by atoms with Gasteiger partial charge in [-0.3, -0.25) is 0 Å². The fraction of sp³-hybridized carbons (Fsp3) is 0.282. The molecule has 3 aliphatic rings. The molecule has 3 nitrogen and oxygen atoms in total. The van der Waals surface area contributed by atoms with Gasteiger partial charge < -0.3 is 35.3 Å². The molecule has 1 N–H and O–H groups in total. The molecule has 0 bridgehead atoms. The Morgan fingerprint density at radius 3 is 1.91 bits per heavy atom. The van der Waals surface area contributed by atoms with Crippen molar-refractivity contribution in [3.63, 3.8) is 0 Å². The van der Waals surface area contributed by atoms with Gasteiger partial charge in [0.05, 0.1) is 5.91 Å². The average Bonchev–Trinajstić information content (AvgIpc) is 3.55. The summed E-state index contributed by atoms with van der Waals surface area (Å²) in [5, 5.41) is 1.36. The van der Waals surface area contributed by atoms with Crippen LogP contribution in [0.2, 0.25) is 26.2 Å². The van der Waals surface area contributed by atoms with Crippen molar-refractivity contribution in [1.82, 2.24) is 4.22 Å². The van der Waals surface area contributed by atoms with E-state index in [9.17, 15) is 4.79 Å². The molecule has 1 unspecified atom stereocenters. The first-order chi connectivity index (χ1) is 21.0. The number of hydrogen-bond donors (Lipinski definition) is 0. The Morgan fingerprint density at radius 2 is 1.36 bits per heavy atom. The number of rotatable bonds is 4. The van der Waals surface area contributed by atoms with Crippen LogP contribution < -0.4 is 29.0 Å². The molecule has 0 spiro atoms. The summed E-state index contributed by atoms with van der Waals surface area (Å²) in [5.41, 5.74) is 22.7. The molecule has 244 valence electrons. The van der Waals surface area contributed by atoms with Crippen molar-refractivity contribution in [3.05, 3.63) is 129 Å². The summed E-state index contributed by atoms with van der Waals surface area (Å²) in [6.45, 7) is 18.0. The molecular formula is C39H44Cl2N2OSi2Zr-2. The number of nitrogens with zero attached hydrogens (tertiary/aromatic N) is 1. The quantitative estimate of drug-likeness (QED) is 0.370. The molecule has 8 heteroatoms. The second-order valence-electron chi connectivity index (χ2n) is 12.9. The summed E-state index contributed by atoms with van der Waals surface area (Å²) in [6.07, 6.45) is 10.6. The Morgan fingerprint density at radius 1 is 0.809 bits per heavy atom. The third-order valence-corrected chi connectivity index (χ3v) is 11.8. The molecule has 0 aliphatic heterocycles. The monoisotopic (exact) mass is 772 g/mol. The number of carbonyl (C=O) groups is 1. The van der Waals surface area contributed by atoms with E-state index in [-0.39, 0.29) is 51.0 Å². The maximum Gasteiger partial charge on any atom is 0.343 e. The molecule has 6 rings (SSSR count). The van der Waals surface area contributed by atoms with Gasteiger partial charge in [-0.15, -0.1) is 0 Å². The van der Waals surface area contributed by atoms with Crippen LogP contribution in [0, 0.1) is 12.8 Å². The number of fused-ring (bicyclic) bond motifs is 2. The molecular weight excluding hydrogens is 731 g/mol. The second kappa shape index (κ2) is 17.4. The van der Waals surface area contributed by atoms with Crippen molar-refractivity contribution in [2.75, 3.05) is 0 Å². The maximum absolute atomic E-state index is 12.0. The van der Waals surface area contributed by atoms with Crippen LogP contribution in [0.5, 0.6) is 0 Å². The Hall–Kier alpha value is -2.34. The molecule has 3 aliphatic carbocycles. The molecule has 0 heterocycles. The minimum atomic E-state index is -0.724. The van der Waals surface area contributed by atoms with Crippen LogP contribution in [0.4, 0.5) is 11.4 Å². The average molecular weight is 775 g/mol. The Bertz CT molecular complexity index is 1860. The van der Waals surface area contributed by atoms with Crippen molar-refractivity contribution in [2.45, 2.75) is 66.7 Å². The normalized spacial score (nSPS) is 15.4. The summed E-state index contributed by atoms with van der Waals surface area (Å²) in [7, 11) is -1.35. The third kappa shape index (κ3) is 8.82. The van der Waals surface area contributed by atoms with E-state index in [4.69, 9.17) is 5.73 Å². The molecule has 1 atom stereocenters. The van der Waals surface area contributed by atoms with Crippen LogP contribution in [-0.2, 0) is 43.8 Å². The fourth-order valence-corrected chi connectivity index (χ4v) is 9.89. The van der Waals surface area contributed by atoms with E-state index in [1.165, 1.54) is 55.5 Å². The van der Waals surface area contributed by atoms with E-state index < -0.39 is 22.9 Å². The summed E-state index contributed by atoms with van der Waals surface area (Å²) < 4.78 is 2.54. The predicted octanol–water partition coefficient (Wildman–Crippen LogP) is 4.01. The van der Waals surface area contributed by atoms with Gasteiger partial charge >= 0.3 is 8.59 Å². The summed E-state index contributed by atoms with van der Waals surface area (Å²) >= 11 is 0. The van der Waals surface area contributed by atoms with E-state index in [2.05, 4.69) is 137 Å². The van der Waals surface area contributed by atoms with Gasteiger partial charge in [-0.05, 0) is 73.4 Å². The number of hydrogen-bond acceptors (Lipinski definition) is 1. The predicted molar refractivity (Wildman–Crippen MR) is 195 cm³/mol. The minimum absolute atomic E-state index is 0. The molecule has 1 amide bonds. The van der Waals surface area contributed by atoms with Crippen LogP contribution in [0.1, 0.15) is 54.2 Å². The van der Waals surface area contributed by atoms with Crippen molar-refractivity contribution >= 4 is 57.2 Å². The minimum Gasteiger partial charge on any atom is -1.00 e. The van der Waals surface area contributed by atoms with Gasteiger partial charge in [-0.25, -0.2) is 4.22 Å². The Labute approximate surface area is 316 Å². The van der Waals surface area contributed by atoms with E-state index in [1.807, 2.05) is 6.08 Å². The van der Waals surface area contributed by atoms with Crippen LogP contribution in [0.25, 0.3) is 23.5 Å². The van der Waals surface area contributed by atoms with E-state index >= 15 is 0 Å². The maximum atomic E-state index is 12.0. The van der Waals surface area contributed by atoms with Crippen LogP contribution >= 0.6 is 0 Å². The summed E-state index contributed by atoms with van der Waals surface area (Å²) in [6, 6.07) is 22.0. The van der Waals surface area contributed by atoms with Gasteiger partial charge in [0.15, 0.2) is 11.4 Å². The zero-order valence-corrected chi connectivity index (χ0v) is 34.7. The summed E-state index contributed by atoms with van der Waals surface area (Å²) in [4.78, 5) is 12.0. The first kappa shape index (κ1) is 40.8.